The van der Waals surface area contributed by atoms with Crippen LogP contribution in [-0.4, -0.2) is 11.7 Å². The van der Waals surface area contributed by atoms with E-state index in [0.717, 1.165) is 22.3 Å². The smallest absolute Gasteiger partial charge is 0.0465 e. The van der Waals surface area contributed by atoms with Crippen molar-refractivity contribution in [2.45, 2.75) is 12.8 Å². The van der Waals surface area contributed by atoms with Gasteiger partial charge in [-0.05, 0) is 63.8 Å². The van der Waals surface area contributed by atoms with Crippen LogP contribution < -0.4 is 0 Å². The number of benzene rings is 1. The van der Waals surface area contributed by atoms with Gasteiger partial charge in [0.05, 0.1) is 0 Å². The van der Waals surface area contributed by atoms with Crippen molar-refractivity contribution in [1.29, 1.82) is 0 Å². The highest BCUT2D eigenvalue weighted by Gasteiger charge is 2.12. The maximum Gasteiger partial charge on any atom is 0.0465 e. The lowest BCUT2D eigenvalue weighted by molar-refractivity contribution is 0.225. The first-order valence-electron chi connectivity index (χ1n) is 5.76. The molecule has 1 atom stereocenters. The molecule has 0 aliphatic rings. The summed E-state index contributed by atoms with van der Waals surface area (Å²) < 4.78 is 1.14. The van der Waals surface area contributed by atoms with Crippen molar-refractivity contribution in [2.75, 3.05) is 6.61 Å². The minimum atomic E-state index is 0.201. The van der Waals surface area contributed by atoms with Gasteiger partial charge in [0.1, 0.15) is 0 Å². The number of rotatable bonds is 5. The van der Waals surface area contributed by atoms with Crippen LogP contribution in [-0.2, 0) is 12.8 Å². The molecule has 2 aromatic rings. The number of halogens is 2. The summed E-state index contributed by atoms with van der Waals surface area (Å²) in [5, 5.41) is 12.3. The average Bonchev–Trinajstić information content (AvgIpc) is 2.77. The highest BCUT2D eigenvalue weighted by molar-refractivity contribution is 9.10. The fourth-order valence-electron chi connectivity index (χ4n) is 1.89. The third kappa shape index (κ3) is 3.82. The van der Waals surface area contributed by atoms with Gasteiger partial charge in [0.25, 0.3) is 0 Å². The molecule has 1 nitrogen and oxygen atoms in total. The number of aliphatic hydroxyl groups excluding tert-OH is 1. The Morgan fingerprint density at radius 1 is 1.17 bits per heavy atom. The molecule has 0 aliphatic heterocycles. The first-order valence-corrected chi connectivity index (χ1v) is 7.81. The monoisotopic (exact) mass is 344 g/mol. The minimum absolute atomic E-state index is 0.201. The lowest BCUT2D eigenvalue weighted by Gasteiger charge is -2.13. The Hall–Kier alpha value is -0.350. The zero-order valence-corrected chi connectivity index (χ0v) is 12.9. The molecular weight excluding hydrogens is 332 g/mol. The summed E-state index contributed by atoms with van der Waals surface area (Å²) in [5.41, 5.74) is 1.21. The number of hydrogen-bond donors (Lipinski definition) is 1. The normalized spacial score (nSPS) is 12.6. The summed E-state index contributed by atoms with van der Waals surface area (Å²) in [6.45, 7) is 0.201. The van der Waals surface area contributed by atoms with Gasteiger partial charge in [-0.25, -0.2) is 0 Å². The Morgan fingerprint density at radius 3 is 2.44 bits per heavy atom. The van der Waals surface area contributed by atoms with Crippen molar-refractivity contribution in [3.8, 4) is 0 Å². The molecule has 0 saturated carbocycles. The van der Waals surface area contributed by atoms with Gasteiger partial charge in [0.2, 0.25) is 0 Å². The van der Waals surface area contributed by atoms with E-state index in [2.05, 4.69) is 27.4 Å². The highest BCUT2D eigenvalue weighted by atomic mass is 79.9. The van der Waals surface area contributed by atoms with E-state index in [1.165, 1.54) is 10.4 Å². The van der Waals surface area contributed by atoms with E-state index in [1.807, 2.05) is 24.3 Å². The summed E-state index contributed by atoms with van der Waals surface area (Å²) >= 11 is 11.1. The molecule has 0 saturated heterocycles. The molecule has 0 spiro atoms. The molecule has 0 aliphatic carbocycles. The third-order valence-electron chi connectivity index (χ3n) is 2.86. The molecule has 1 aromatic carbocycles. The summed E-state index contributed by atoms with van der Waals surface area (Å²) in [7, 11) is 0. The van der Waals surface area contributed by atoms with Crippen LogP contribution in [0.4, 0.5) is 0 Å². The molecule has 1 N–H and O–H groups in total. The highest BCUT2D eigenvalue weighted by Crippen LogP contribution is 2.26. The molecule has 0 fully saturated rings. The predicted molar refractivity (Wildman–Crippen MR) is 81.5 cm³/mol. The lowest BCUT2D eigenvalue weighted by atomic mass is 9.96. The fraction of sp³-hybridized carbons (Fsp3) is 0.286. The van der Waals surface area contributed by atoms with Crippen molar-refractivity contribution in [3.63, 3.8) is 0 Å². The molecule has 1 aromatic heterocycles. The fourth-order valence-corrected chi connectivity index (χ4v) is 3.64. The average molecular weight is 346 g/mol. The van der Waals surface area contributed by atoms with Crippen molar-refractivity contribution in [3.05, 3.63) is 55.6 Å². The Labute approximate surface area is 125 Å². The van der Waals surface area contributed by atoms with E-state index < -0.39 is 0 Å². The van der Waals surface area contributed by atoms with Gasteiger partial charge in [-0.1, -0.05) is 23.7 Å². The molecule has 4 heteroatoms. The van der Waals surface area contributed by atoms with Crippen molar-refractivity contribution in [2.24, 2.45) is 5.92 Å². The van der Waals surface area contributed by atoms with Crippen LogP contribution in [0.25, 0.3) is 0 Å². The van der Waals surface area contributed by atoms with Crippen LogP contribution in [0.5, 0.6) is 0 Å². The zero-order chi connectivity index (χ0) is 13.0. The van der Waals surface area contributed by atoms with Gasteiger partial charge in [-0.15, -0.1) is 11.3 Å². The van der Waals surface area contributed by atoms with Gasteiger partial charge >= 0.3 is 0 Å². The Morgan fingerprint density at radius 2 is 1.89 bits per heavy atom. The molecule has 0 amide bonds. The van der Waals surface area contributed by atoms with E-state index in [-0.39, 0.29) is 12.5 Å². The van der Waals surface area contributed by atoms with E-state index in [4.69, 9.17) is 11.6 Å². The minimum Gasteiger partial charge on any atom is -0.396 e. The van der Waals surface area contributed by atoms with Gasteiger partial charge in [0, 0.05) is 21.0 Å². The standard InChI is InChI=1S/C14H14BrClOS/c15-13-5-6-18-14(13)8-11(9-17)7-10-1-3-12(16)4-2-10/h1-6,11,17H,7-9H2. The van der Waals surface area contributed by atoms with Crippen LogP contribution in [0, 0.1) is 5.92 Å². The predicted octanol–water partition coefficient (Wildman–Crippen LogP) is 4.56. The molecular formula is C14H14BrClOS. The summed E-state index contributed by atoms with van der Waals surface area (Å²) in [4.78, 5) is 1.29. The van der Waals surface area contributed by atoms with Crippen LogP contribution in [0.15, 0.2) is 40.2 Å². The van der Waals surface area contributed by atoms with Crippen molar-refractivity contribution < 1.29 is 5.11 Å². The van der Waals surface area contributed by atoms with Crippen LogP contribution in [0.3, 0.4) is 0 Å². The van der Waals surface area contributed by atoms with Crippen LogP contribution in [0.2, 0.25) is 5.02 Å². The molecule has 1 heterocycles. The molecule has 96 valence electrons. The van der Waals surface area contributed by atoms with E-state index in [0.29, 0.717) is 0 Å². The summed E-state index contributed by atoms with van der Waals surface area (Å²) in [6.07, 6.45) is 1.77. The van der Waals surface area contributed by atoms with Gasteiger partial charge < -0.3 is 5.11 Å². The van der Waals surface area contributed by atoms with E-state index >= 15 is 0 Å². The van der Waals surface area contributed by atoms with E-state index in [1.54, 1.807) is 11.3 Å². The van der Waals surface area contributed by atoms with Gasteiger partial charge in [0.15, 0.2) is 0 Å². The molecule has 18 heavy (non-hydrogen) atoms. The molecule has 2 rings (SSSR count). The second-order valence-corrected chi connectivity index (χ2v) is 6.57. The Kier molecular flexibility index (Phi) is 5.25. The zero-order valence-electron chi connectivity index (χ0n) is 9.77. The second-order valence-electron chi connectivity index (χ2n) is 4.28. The van der Waals surface area contributed by atoms with Crippen molar-refractivity contribution in [1.82, 2.24) is 0 Å². The second kappa shape index (κ2) is 6.71. The summed E-state index contributed by atoms with van der Waals surface area (Å²) in [6, 6.07) is 9.89. The Bertz CT molecular complexity index is 495. The number of aliphatic hydroxyl groups is 1. The topological polar surface area (TPSA) is 20.2 Å². The first-order chi connectivity index (χ1) is 8.69. The van der Waals surface area contributed by atoms with Gasteiger partial charge in [-0.3, -0.25) is 0 Å². The molecule has 1 unspecified atom stereocenters. The molecule has 0 radical (unpaired) electrons. The van der Waals surface area contributed by atoms with Crippen molar-refractivity contribution >= 4 is 38.9 Å². The first kappa shape index (κ1) is 14.1. The quantitative estimate of drug-likeness (QED) is 0.842. The lowest BCUT2D eigenvalue weighted by Crippen LogP contribution is -2.12. The van der Waals surface area contributed by atoms with Crippen LogP contribution >= 0.6 is 38.9 Å². The molecule has 0 bridgehead atoms. The number of thiophene rings is 1. The maximum absolute atomic E-state index is 9.49. The van der Waals surface area contributed by atoms with Gasteiger partial charge in [-0.2, -0.15) is 0 Å². The SMILES string of the molecule is OCC(Cc1ccc(Cl)cc1)Cc1sccc1Br. The van der Waals surface area contributed by atoms with E-state index in [9.17, 15) is 5.11 Å². The summed E-state index contributed by atoms with van der Waals surface area (Å²) in [5.74, 6) is 0.251. The maximum atomic E-state index is 9.49. The van der Waals surface area contributed by atoms with Crippen LogP contribution in [0.1, 0.15) is 10.4 Å². The Balaban J connectivity index is 2.01. The largest absolute Gasteiger partial charge is 0.396 e. The number of hydrogen-bond acceptors (Lipinski definition) is 2. The third-order valence-corrected chi connectivity index (χ3v) is 5.06.